The number of fused-ring (bicyclic) bond motifs is 1. The Hall–Kier alpha value is -1.28. The summed E-state index contributed by atoms with van der Waals surface area (Å²) in [4.78, 5) is 0. The van der Waals surface area contributed by atoms with Crippen molar-refractivity contribution >= 4 is 0 Å². The van der Waals surface area contributed by atoms with Crippen LogP contribution >= 0.6 is 0 Å². The fourth-order valence-corrected chi connectivity index (χ4v) is 3.76. The zero-order valence-corrected chi connectivity index (χ0v) is 10.0. The largest absolute Gasteiger partial charge is 0.198 e. The topological polar surface area (TPSA) is 47.6 Å². The fraction of sp³-hybridized carbons (Fsp3) is 0.714. The van der Waals surface area contributed by atoms with Crippen molar-refractivity contribution < 1.29 is 0 Å². The van der Waals surface area contributed by atoms with Crippen LogP contribution in [0.1, 0.15) is 39.5 Å². The van der Waals surface area contributed by atoms with Crippen molar-refractivity contribution in [1.82, 2.24) is 0 Å². The highest BCUT2D eigenvalue weighted by Crippen LogP contribution is 2.54. The van der Waals surface area contributed by atoms with E-state index in [2.05, 4.69) is 26.0 Å². The molecule has 0 spiro atoms. The standard InChI is InChI=1S/C14H18N2/c1-10-4-3-7-14(2)12(10)6-5-11(8-15)13(14)9-16/h5,10,12-13H,3-4,6-7H2,1-2H3. The van der Waals surface area contributed by atoms with Crippen molar-refractivity contribution in [3.05, 3.63) is 11.6 Å². The van der Waals surface area contributed by atoms with Crippen LogP contribution in [-0.2, 0) is 0 Å². The third kappa shape index (κ3) is 1.45. The van der Waals surface area contributed by atoms with E-state index < -0.39 is 0 Å². The van der Waals surface area contributed by atoms with E-state index >= 15 is 0 Å². The fourth-order valence-electron chi connectivity index (χ4n) is 3.76. The molecular formula is C14H18N2. The number of allylic oxidation sites excluding steroid dienone is 2. The van der Waals surface area contributed by atoms with Crippen LogP contribution in [0.2, 0.25) is 0 Å². The molecule has 2 nitrogen and oxygen atoms in total. The van der Waals surface area contributed by atoms with E-state index in [4.69, 9.17) is 5.26 Å². The summed E-state index contributed by atoms with van der Waals surface area (Å²) < 4.78 is 0. The third-order valence-corrected chi connectivity index (χ3v) is 4.73. The first-order chi connectivity index (χ1) is 7.63. The van der Waals surface area contributed by atoms with Gasteiger partial charge in [-0.2, -0.15) is 10.5 Å². The normalized spacial score (nSPS) is 42.5. The van der Waals surface area contributed by atoms with Gasteiger partial charge >= 0.3 is 0 Å². The summed E-state index contributed by atoms with van der Waals surface area (Å²) >= 11 is 0. The Morgan fingerprint density at radius 2 is 2.19 bits per heavy atom. The molecule has 0 saturated heterocycles. The second kappa shape index (κ2) is 3.95. The second-order valence-corrected chi connectivity index (χ2v) is 5.55. The van der Waals surface area contributed by atoms with Gasteiger partial charge in [0.25, 0.3) is 0 Å². The average Bonchev–Trinajstić information content (AvgIpc) is 2.27. The van der Waals surface area contributed by atoms with E-state index in [9.17, 15) is 5.26 Å². The van der Waals surface area contributed by atoms with E-state index in [1.807, 2.05) is 6.08 Å². The molecule has 0 radical (unpaired) electrons. The van der Waals surface area contributed by atoms with Crippen LogP contribution in [0.15, 0.2) is 11.6 Å². The Labute approximate surface area is 97.6 Å². The number of nitriles is 2. The van der Waals surface area contributed by atoms with Crippen molar-refractivity contribution in [2.24, 2.45) is 23.2 Å². The number of hydrogen-bond donors (Lipinski definition) is 0. The number of hydrogen-bond acceptors (Lipinski definition) is 2. The smallest absolute Gasteiger partial charge is 0.0958 e. The maximum Gasteiger partial charge on any atom is 0.0958 e. The Morgan fingerprint density at radius 3 is 2.81 bits per heavy atom. The van der Waals surface area contributed by atoms with Crippen LogP contribution in [0, 0.1) is 45.8 Å². The summed E-state index contributed by atoms with van der Waals surface area (Å²) in [6.45, 7) is 4.51. The molecule has 2 aliphatic rings. The molecule has 0 N–H and O–H groups in total. The molecule has 0 aromatic carbocycles. The molecule has 1 saturated carbocycles. The van der Waals surface area contributed by atoms with Crippen molar-refractivity contribution in [2.45, 2.75) is 39.5 Å². The highest BCUT2D eigenvalue weighted by atomic mass is 14.5. The lowest BCUT2D eigenvalue weighted by Gasteiger charge is -2.49. The van der Waals surface area contributed by atoms with Gasteiger partial charge in [-0.3, -0.25) is 0 Å². The maximum absolute atomic E-state index is 9.34. The van der Waals surface area contributed by atoms with Crippen LogP contribution in [0.4, 0.5) is 0 Å². The molecule has 0 amide bonds. The van der Waals surface area contributed by atoms with Gasteiger partial charge in [-0.15, -0.1) is 0 Å². The zero-order valence-electron chi connectivity index (χ0n) is 10.0. The van der Waals surface area contributed by atoms with Crippen LogP contribution in [0.3, 0.4) is 0 Å². The van der Waals surface area contributed by atoms with E-state index in [0.29, 0.717) is 17.4 Å². The van der Waals surface area contributed by atoms with E-state index in [1.54, 1.807) is 0 Å². The lowest BCUT2D eigenvalue weighted by atomic mass is 9.53. The minimum Gasteiger partial charge on any atom is -0.198 e. The van der Waals surface area contributed by atoms with E-state index in [1.165, 1.54) is 12.8 Å². The van der Waals surface area contributed by atoms with Crippen molar-refractivity contribution in [1.29, 1.82) is 10.5 Å². The molecule has 4 atom stereocenters. The third-order valence-electron chi connectivity index (χ3n) is 4.73. The van der Waals surface area contributed by atoms with Gasteiger partial charge in [0, 0.05) is 5.57 Å². The van der Waals surface area contributed by atoms with Gasteiger partial charge in [-0.1, -0.05) is 32.8 Å². The first-order valence-electron chi connectivity index (χ1n) is 6.13. The molecule has 0 aromatic rings. The van der Waals surface area contributed by atoms with E-state index in [0.717, 1.165) is 12.8 Å². The quantitative estimate of drug-likeness (QED) is 0.620. The lowest BCUT2D eigenvalue weighted by Crippen LogP contribution is -2.43. The lowest BCUT2D eigenvalue weighted by molar-refractivity contribution is 0.0355. The molecule has 2 rings (SSSR count). The van der Waals surface area contributed by atoms with Crippen molar-refractivity contribution in [3.63, 3.8) is 0 Å². The highest BCUT2D eigenvalue weighted by molar-refractivity contribution is 5.34. The van der Waals surface area contributed by atoms with Crippen molar-refractivity contribution in [3.8, 4) is 12.1 Å². The molecule has 0 heterocycles. The summed E-state index contributed by atoms with van der Waals surface area (Å²) in [5.41, 5.74) is 0.738. The minimum atomic E-state index is -0.181. The molecule has 0 aromatic heterocycles. The summed E-state index contributed by atoms with van der Waals surface area (Å²) in [6.07, 6.45) is 6.55. The van der Waals surface area contributed by atoms with Gasteiger partial charge in [-0.25, -0.2) is 0 Å². The van der Waals surface area contributed by atoms with Crippen LogP contribution in [0.5, 0.6) is 0 Å². The molecule has 84 valence electrons. The van der Waals surface area contributed by atoms with Gasteiger partial charge in [0.1, 0.15) is 0 Å². The summed E-state index contributed by atoms with van der Waals surface area (Å²) in [6, 6.07) is 4.59. The van der Waals surface area contributed by atoms with Gasteiger partial charge in [0.15, 0.2) is 0 Å². The van der Waals surface area contributed by atoms with Crippen LogP contribution in [0.25, 0.3) is 0 Å². The molecule has 16 heavy (non-hydrogen) atoms. The molecule has 4 unspecified atom stereocenters. The van der Waals surface area contributed by atoms with E-state index in [-0.39, 0.29) is 11.3 Å². The number of rotatable bonds is 0. The summed E-state index contributed by atoms with van der Waals surface area (Å²) in [7, 11) is 0. The van der Waals surface area contributed by atoms with Gasteiger partial charge < -0.3 is 0 Å². The van der Waals surface area contributed by atoms with Crippen LogP contribution < -0.4 is 0 Å². The van der Waals surface area contributed by atoms with Gasteiger partial charge in [0.2, 0.25) is 0 Å². The summed E-state index contributed by atoms with van der Waals surface area (Å²) in [5.74, 6) is 1.09. The average molecular weight is 214 g/mol. The Morgan fingerprint density at radius 1 is 1.44 bits per heavy atom. The van der Waals surface area contributed by atoms with Gasteiger partial charge in [0.05, 0.1) is 18.1 Å². The van der Waals surface area contributed by atoms with Crippen molar-refractivity contribution in [2.75, 3.05) is 0 Å². The predicted octanol–water partition coefficient (Wildman–Crippen LogP) is 3.42. The molecule has 0 aliphatic heterocycles. The predicted molar refractivity (Wildman–Crippen MR) is 62.0 cm³/mol. The molecule has 0 bridgehead atoms. The molecule has 1 fully saturated rings. The Kier molecular flexibility index (Phi) is 2.76. The van der Waals surface area contributed by atoms with Gasteiger partial charge in [-0.05, 0) is 30.1 Å². The molecule has 2 heteroatoms. The molecule has 2 aliphatic carbocycles. The summed E-state index contributed by atoms with van der Waals surface area (Å²) in [5, 5.41) is 18.4. The first kappa shape index (κ1) is 11.2. The minimum absolute atomic E-state index is 0.0340. The molecular weight excluding hydrogens is 196 g/mol. The maximum atomic E-state index is 9.34. The SMILES string of the molecule is CC1CCCC2(C)C(C#N)C(C#N)=CCC12. The Bertz CT molecular complexity index is 396. The highest BCUT2D eigenvalue weighted by Gasteiger charge is 2.48. The Balaban J connectivity index is 2.42. The first-order valence-corrected chi connectivity index (χ1v) is 6.13. The van der Waals surface area contributed by atoms with Crippen LogP contribution in [-0.4, -0.2) is 0 Å². The monoisotopic (exact) mass is 214 g/mol. The second-order valence-electron chi connectivity index (χ2n) is 5.55. The number of nitrogens with zero attached hydrogens (tertiary/aromatic N) is 2. The zero-order chi connectivity index (χ0) is 11.8.